The van der Waals surface area contributed by atoms with Crippen molar-refractivity contribution in [2.45, 2.75) is 18.9 Å². The molecule has 0 radical (unpaired) electrons. The number of likely N-dealkylation sites (tertiary alicyclic amines) is 1. The largest absolute Gasteiger partial charge is 0.508 e. The van der Waals surface area contributed by atoms with Crippen LogP contribution in [0.2, 0.25) is 0 Å². The van der Waals surface area contributed by atoms with Crippen LogP contribution in [0.5, 0.6) is 5.75 Å². The Morgan fingerprint density at radius 2 is 1.76 bits per heavy atom. The molecule has 3 rings (SSSR count). The fraction of sp³-hybridized carbons (Fsp3) is 0.562. The Labute approximate surface area is 125 Å². The lowest BCUT2D eigenvalue weighted by molar-refractivity contribution is -0.137. The number of aromatic hydroxyl groups is 1. The monoisotopic (exact) mass is 289 g/mol. The molecule has 0 spiro atoms. The zero-order valence-electron chi connectivity index (χ0n) is 12.3. The maximum atomic E-state index is 13.0. The number of benzene rings is 1. The van der Waals surface area contributed by atoms with Crippen LogP contribution in [0.1, 0.15) is 24.4 Å². The van der Waals surface area contributed by atoms with E-state index in [1.807, 2.05) is 17.0 Å². The van der Waals surface area contributed by atoms with Crippen LogP contribution >= 0.6 is 0 Å². The van der Waals surface area contributed by atoms with E-state index in [4.69, 9.17) is 0 Å². The van der Waals surface area contributed by atoms with Gasteiger partial charge < -0.3 is 15.3 Å². The fourth-order valence-corrected chi connectivity index (χ4v) is 3.26. The van der Waals surface area contributed by atoms with Crippen molar-refractivity contribution in [3.8, 4) is 5.75 Å². The van der Waals surface area contributed by atoms with Crippen LogP contribution in [-0.4, -0.2) is 60.1 Å². The van der Waals surface area contributed by atoms with Crippen molar-refractivity contribution in [2.24, 2.45) is 0 Å². The third-order valence-corrected chi connectivity index (χ3v) is 4.40. The van der Waals surface area contributed by atoms with Crippen LogP contribution in [-0.2, 0) is 4.79 Å². The van der Waals surface area contributed by atoms with Crippen LogP contribution in [0.3, 0.4) is 0 Å². The summed E-state index contributed by atoms with van der Waals surface area (Å²) in [5, 5.41) is 13.5. The number of nitrogens with one attached hydrogen (secondary N) is 1. The Morgan fingerprint density at radius 1 is 1.10 bits per heavy atom. The molecule has 2 aliphatic rings. The van der Waals surface area contributed by atoms with Gasteiger partial charge in [-0.25, -0.2) is 0 Å². The number of carbonyl (C=O) groups excluding carboxylic acids is 1. The zero-order valence-corrected chi connectivity index (χ0v) is 12.3. The number of hydrogen-bond donors (Lipinski definition) is 2. The topological polar surface area (TPSA) is 55.8 Å². The SMILES string of the molecule is O=C(C(c1ccccc1O)N1CCCC1)N1CCNCC1. The summed E-state index contributed by atoms with van der Waals surface area (Å²) < 4.78 is 0. The average Bonchev–Trinajstić information content (AvgIpc) is 3.04. The maximum Gasteiger partial charge on any atom is 0.244 e. The van der Waals surface area contributed by atoms with E-state index in [0.29, 0.717) is 0 Å². The molecule has 0 bridgehead atoms. The van der Waals surface area contributed by atoms with Gasteiger partial charge in [0.2, 0.25) is 5.91 Å². The van der Waals surface area contributed by atoms with Gasteiger partial charge in [0, 0.05) is 31.7 Å². The molecular formula is C16H23N3O2. The number of phenolic OH excluding ortho intramolecular Hbond substituents is 1. The number of rotatable bonds is 3. The van der Waals surface area contributed by atoms with Gasteiger partial charge in [0.15, 0.2) is 0 Å². The standard InChI is InChI=1S/C16H23N3O2/c20-14-6-2-1-5-13(14)15(18-9-3-4-10-18)16(21)19-11-7-17-8-12-19/h1-2,5-6,15,17,20H,3-4,7-12H2. The van der Waals surface area contributed by atoms with Crippen molar-refractivity contribution >= 4 is 5.91 Å². The highest BCUT2D eigenvalue weighted by Crippen LogP contribution is 2.32. The third-order valence-electron chi connectivity index (χ3n) is 4.40. The molecule has 2 heterocycles. The molecule has 2 aliphatic heterocycles. The minimum atomic E-state index is -0.341. The van der Waals surface area contributed by atoms with Gasteiger partial charge >= 0.3 is 0 Å². The van der Waals surface area contributed by atoms with Crippen molar-refractivity contribution in [1.82, 2.24) is 15.1 Å². The minimum Gasteiger partial charge on any atom is -0.508 e. The normalized spacial score (nSPS) is 21.4. The van der Waals surface area contributed by atoms with Crippen LogP contribution < -0.4 is 5.32 Å². The second kappa shape index (κ2) is 6.45. The lowest BCUT2D eigenvalue weighted by atomic mass is 10.0. The number of nitrogens with zero attached hydrogens (tertiary/aromatic N) is 2. The molecular weight excluding hydrogens is 266 g/mol. The van der Waals surface area contributed by atoms with Crippen molar-refractivity contribution in [3.05, 3.63) is 29.8 Å². The number of piperazine rings is 1. The molecule has 2 N–H and O–H groups in total. The lowest BCUT2D eigenvalue weighted by Gasteiger charge is -2.35. The molecule has 1 aromatic rings. The van der Waals surface area contributed by atoms with Crippen LogP contribution in [0, 0.1) is 0 Å². The Balaban J connectivity index is 1.88. The smallest absolute Gasteiger partial charge is 0.244 e. The first-order chi connectivity index (χ1) is 10.3. The third kappa shape index (κ3) is 3.04. The molecule has 1 aromatic carbocycles. The predicted octanol–water partition coefficient (Wildman–Crippen LogP) is 0.961. The van der Waals surface area contributed by atoms with Gasteiger partial charge in [-0.2, -0.15) is 0 Å². The summed E-state index contributed by atoms with van der Waals surface area (Å²) in [6.45, 7) is 5.04. The summed E-state index contributed by atoms with van der Waals surface area (Å²) in [4.78, 5) is 17.1. The first-order valence-electron chi connectivity index (χ1n) is 7.79. The first kappa shape index (κ1) is 14.4. The fourth-order valence-electron chi connectivity index (χ4n) is 3.26. The number of phenols is 1. The van der Waals surface area contributed by atoms with Gasteiger partial charge in [-0.3, -0.25) is 9.69 Å². The average molecular weight is 289 g/mol. The highest BCUT2D eigenvalue weighted by Gasteiger charge is 2.34. The molecule has 0 aromatic heterocycles. The van der Waals surface area contributed by atoms with Crippen LogP contribution in [0.25, 0.3) is 0 Å². The number of hydrogen-bond acceptors (Lipinski definition) is 4. The highest BCUT2D eigenvalue weighted by atomic mass is 16.3. The summed E-state index contributed by atoms with van der Waals surface area (Å²) in [7, 11) is 0. The van der Waals surface area contributed by atoms with Gasteiger partial charge in [0.25, 0.3) is 0 Å². The van der Waals surface area contributed by atoms with Crippen molar-refractivity contribution in [1.29, 1.82) is 0 Å². The van der Waals surface area contributed by atoms with E-state index in [1.54, 1.807) is 12.1 Å². The summed E-state index contributed by atoms with van der Waals surface area (Å²) in [6, 6.07) is 6.90. The Bertz CT molecular complexity index is 494. The van der Waals surface area contributed by atoms with E-state index in [-0.39, 0.29) is 17.7 Å². The Morgan fingerprint density at radius 3 is 2.43 bits per heavy atom. The van der Waals surface area contributed by atoms with Crippen molar-refractivity contribution in [2.75, 3.05) is 39.3 Å². The maximum absolute atomic E-state index is 13.0. The summed E-state index contributed by atoms with van der Waals surface area (Å²) in [5.74, 6) is 0.345. The summed E-state index contributed by atoms with van der Waals surface area (Å²) >= 11 is 0. The molecule has 2 fully saturated rings. The molecule has 5 nitrogen and oxygen atoms in total. The first-order valence-corrected chi connectivity index (χ1v) is 7.79. The van der Waals surface area contributed by atoms with E-state index in [2.05, 4.69) is 10.2 Å². The molecule has 2 saturated heterocycles. The van der Waals surface area contributed by atoms with Crippen molar-refractivity contribution < 1.29 is 9.90 Å². The second-order valence-corrected chi connectivity index (χ2v) is 5.78. The van der Waals surface area contributed by atoms with E-state index in [0.717, 1.165) is 57.7 Å². The van der Waals surface area contributed by atoms with Gasteiger partial charge in [0.05, 0.1) is 0 Å². The molecule has 1 unspecified atom stereocenters. The van der Waals surface area contributed by atoms with Gasteiger partial charge in [0.1, 0.15) is 11.8 Å². The van der Waals surface area contributed by atoms with Crippen molar-refractivity contribution in [3.63, 3.8) is 0 Å². The van der Waals surface area contributed by atoms with Gasteiger partial charge in [-0.1, -0.05) is 18.2 Å². The molecule has 1 amide bonds. The second-order valence-electron chi connectivity index (χ2n) is 5.78. The van der Waals surface area contributed by atoms with Crippen LogP contribution in [0.4, 0.5) is 0 Å². The summed E-state index contributed by atoms with van der Waals surface area (Å²) in [5.41, 5.74) is 0.739. The van der Waals surface area contributed by atoms with E-state index in [9.17, 15) is 9.90 Å². The predicted molar refractivity (Wildman–Crippen MR) is 81.1 cm³/mol. The lowest BCUT2D eigenvalue weighted by Crippen LogP contribution is -2.50. The Hall–Kier alpha value is -1.59. The number of carbonyl (C=O) groups is 1. The van der Waals surface area contributed by atoms with Gasteiger partial charge in [-0.15, -0.1) is 0 Å². The highest BCUT2D eigenvalue weighted by molar-refractivity contribution is 5.84. The molecule has 0 aliphatic carbocycles. The molecule has 0 saturated carbocycles. The molecule has 21 heavy (non-hydrogen) atoms. The number of amides is 1. The van der Waals surface area contributed by atoms with E-state index in [1.165, 1.54) is 0 Å². The van der Waals surface area contributed by atoms with E-state index >= 15 is 0 Å². The van der Waals surface area contributed by atoms with Gasteiger partial charge in [-0.05, 0) is 32.0 Å². The number of para-hydroxylation sites is 1. The van der Waals surface area contributed by atoms with E-state index < -0.39 is 0 Å². The zero-order chi connectivity index (χ0) is 14.7. The molecule has 114 valence electrons. The molecule has 5 heteroatoms. The minimum absolute atomic E-state index is 0.125. The Kier molecular flexibility index (Phi) is 4.41. The quantitative estimate of drug-likeness (QED) is 0.870. The molecule has 1 atom stereocenters. The van der Waals surface area contributed by atoms with Crippen LogP contribution in [0.15, 0.2) is 24.3 Å². The summed E-state index contributed by atoms with van der Waals surface area (Å²) in [6.07, 6.45) is 2.25.